The van der Waals surface area contributed by atoms with Crippen molar-refractivity contribution < 1.29 is 4.74 Å². The summed E-state index contributed by atoms with van der Waals surface area (Å²) < 4.78 is 7.24. The van der Waals surface area contributed by atoms with Crippen LogP contribution in [0.4, 0.5) is 0 Å². The lowest BCUT2D eigenvalue weighted by molar-refractivity contribution is 0.406. The molecule has 1 N–H and O–H groups in total. The number of nitrogens with zero attached hydrogens (tertiary/aromatic N) is 2. The first kappa shape index (κ1) is 13.1. The van der Waals surface area contributed by atoms with Crippen molar-refractivity contribution in [3.63, 3.8) is 0 Å². The van der Waals surface area contributed by atoms with Gasteiger partial charge in [0.2, 0.25) is 0 Å². The van der Waals surface area contributed by atoms with Crippen molar-refractivity contribution in [3.05, 3.63) is 34.3 Å². The van der Waals surface area contributed by atoms with E-state index in [0.717, 1.165) is 24.4 Å². The third-order valence-corrected chi connectivity index (χ3v) is 3.73. The van der Waals surface area contributed by atoms with Gasteiger partial charge >= 0.3 is 0 Å². The Bertz CT molecular complexity index is 492. The molecule has 0 radical (unpaired) electrons. The first-order chi connectivity index (χ1) is 8.76. The van der Waals surface area contributed by atoms with Gasteiger partial charge in [-0.15, -0.1) is 11.3 Å². The molecule has 4 nitrogen and oxygen atoms in total. The van der Waals surface area contributed by atoms with Gasteiger partial charge in [-0.3, -0.25) is 4.68 Å². The fourth-order valence-corrected chi connectivity index (χ4v) is 2.84. The summed E-state index contributed by atoms with van der Waals surface area (Å²) in [5.74, 6) is 0.930. The molecule has 18 heavy (non-hydrogen) atoms. The normalized spacial score (nSPS) is 12.6. The molecule has 0 aliphatic carbocycles. The van der Waals surface area contributed by atoms with Gasteiger partial charge in [-0.25, -0.2) is 0 Å². The van der Waals surface area contributed by atoms with Crippen molar-refractivity contribution in [3.8, 4) is 5.75 Å². The van der Waals surface area contributed by atoms with E-state index in [4.69, 9.17) is 4.74 Å². The summed E-state index contributed by atoms with van der Waals surface area (Å²) in [6, 6.07) is 4.16. The Morgan fingerprint density at radius 1 is 1.50 bits per heavy atom. The Balaban J connectivity index is 2.30. The van der Waals surface area contributed by atoms with Crippen LogP contribution in [-0.4, -0.2) is 23.4 Å². The number of aryl methyl sites for hydroxylation is 1. The largest absolute Gasteiger partial charge is 0.496 e. The zero-order valence-electron chi connectivity index (χ0n) is 11.0. The highest BCUT2D eigenvalue weighted by molar-refractivity contribution is 7.10. The molecular formula is C13H19N3OS. The monoisotopic (exact) mass is 265 g/mol. The summed E-state index contributed by atoms with van der Waals surface area (Å²) in [7, 11) is 3.65. The minimum Gasteiger partial charge on any atom is -0.496 e. The van der Waals surface area contributed by atoms with Gasteiger partial charge < -0.3 is 10.1 Å². The predicted octanol–water partition coefficient (Wildman–Crippen LogP) is 2.58. The van der Waals surface area contributed by atoms with Crippen LogP contribution in [-0.2, 0) is 7.05 Å². The molecule has 0 bridgehead atoms. The molecule has 2 heterocycles. The number of hydrogen-bond donors (Lipinski definition) is 1. The van der Waals surface area contributed by atoms with Crippen molar-refractivity contribution in [2.24, 2.45) is 7.05 Å². The molecule has 0 aromatic carbocycles. The lowest BCUT2D eigenvalue weighted by Crippen LogP contribution is -2.23. The summed E-state index contributed by atoms with van der Waals surface area (Å²) >= 11 is 1.70. The fraction of sp³-hybridized carbons (Fsp3) is 0.462. The molecule has 98 valence electrons. The quantitative estimate of drug-likeness (QED) is 0.872. The summed E-state index contributed by atoms with van der Waals surface area (Å²) in [5.41, 5.74) is 1.03. The Labute approximate surface area is 112 Å². The van der Waals surface area contributed by atoms with Crippen LogP contribution in [0.5, 0.6) is 5.75 Å². The van der Waals surface area contributed by atoms with E-state index in [1.54, 1.807) is 18.4 Å². The molecule has 5 heteroatoms. The van der Waals surface area contributed by atoms with E-state index in [0.29, 0.717) is 0 Å². The van der Waals surface area contributed by atoms with Gasteiger partial charge in [0.25, 0.3) is 0 Å². The Hall–Kier alpha value is -1.33. The second kappa shape index (κ2) is 6.02. The van der Waals surface area contributed by atoms with Crippen molar-refractivity contribution in [1.82, 2.24) is 15.1 Å². The highest BCUT2D eigenvalue weighted by Crippen LogP contribution is 2.34. The maximum absolute atomic E-state index is 5.41. The molecule has 0 aliphatic rings. The van der Waals surface area contributed by atoms with Crippen LogP contribution in [0.25, 0.3) is 0 Å². The molecule has 2 rings (SSSR count). The molecule has 0 saturated carbocycles. The molecule has 1 unspecified atom stereocenters. The topological polar surface area (TPSA) is 39.1 Å². The Morgan fingerprint density at radius 2 is 2.33 bits per heavy atom. The van der Waals surface area contributed by atoms with Crippen molar-refractivity contribution >= 4 is 11.3 Å². The number of ether oxygens (including phenoxy) is 1. The van der Waals surface area contributed by atoms with Crippen LogP contribution in [0.15, 0.2) is 23.7 Å². The van der Waals surface area contributed by atoms with Crippen LogP contribution < -0.4 is 10.1 Å². The van der Waals surface area contributed by atoms with Gasteiger partial charge in [0.05, 0.1) is 23.7 Å². The summed E-state index contributed by atoms with van der Waals surface area (Å²) in [5, 5.41) is 10.1. The smallest absolute Gasteiger partial charge is 0.134 e. The minimum absolute atomic E-state index is 0.112. The van der Waals surface area contributed by atoms with Gasteiger partial charge in [-0.05, 0) is 30.5 Å². The molecule has 2 aromatic heterocycles. The van der Waals surface area contributed by atoms with E-state index in [2.05, 4.69) is 22.7 Å². The first-order valence-electron chi connectivity index (χ1n) is 6.10. The number of aromatic nitrogens is 2. The lowest BCUT2D eigenvalue weighted by Gasteiger charge is -2.16. The molecule has 0 fully saturated rings. The van der Waals surface area contributed by atoms with Gasteiger partial charge in [-0.2, -0.15) is 5.10 Å². The van der Waals surface area contributed by atoms with E-state index in [-0.39, 0.29) is 6.04 Å². The van der Waals surface area contributed by atoms with E-state index >= 15 is 0 Å². The summed E-state index contributed by atoms with van der Waals surface area (Å²) in [4.78, 5) is 1.18. The lowest BCUT2D eigenvalue weighted by atomic mass is 10.1. The highest BCUT2D eigenvalue weighted by atomic mass is 32.1. The molecular weight excluding hydrogens is 246 g/mol. The van der Waals surface area contributed by atoms with Crippen LogP contribution in [0, 0.1) is 0 Å². The molecule has 0 amide bonds. The Kier molecular flexibility index (Phi) is 4.38. The number of methoxy groups -OCH3 is 1. The van der Waals surface area contributed by atoms with Crippen LogP contribution in [0.1, 0.15) is 30.0 Å². The second-order valence-corrected chi connectivity index (χ2v) is 5.10. The number of thiophene rings is 1. The van der Waals surface area contributed by atoms with Crippen molar-refractivity contribution in [2.75, 3.05) is 13.7 Å². The number of nitrogens with one attached hydrogen (secondary N) is 1. The summed E-state index contributed by atoms with van der Waals surface area (Å²) in [6.45, 7) is 3.12. The zero-order valence-corrected chi connectivity index (χ0v) is 11.8. The van der Waals surface area contributed by atoms with Gasteiger partial charge in [0, 0.05) is 13.2 Å². The van der Waals surface area contributed by atoms with E-state index in [1.165, 1.54) is 4.88 Å². The standard InChI is InChI=1S/C13H19N3OS/c1-4-7-14-12(10-5-8-16(2)15-10)13-11(17-3)6-9-18-13/h5-6,8-9,12,14H,4,7H2,1-3H3. The van der Waals surface area contributed by atoms with Gasteiger partial charge in [-0.1, -0.05) is 6.92 Å². The maximum atomic E-state index is 5.41. The second-order valence-electron chi connectivity index (χ2n) is 4.15. The van der Waals surface area contributed by atoms with Crippen LogP contribution in [0.2, 0.25) is 0 Å². The number of hydrogen-bond acceptors (Lipinski definition) is 4. The first-order valence-corrected chi connectivity index (χ1v) is 6.98. The van der Waals surface area contributed by atoms with E-state index < -0.39 is 0 Å². The fourth-order valence-electron chi connectivity index (χ4n) is 1.90. The zero-order chi connectivity index (χ0) is 13.0. The molecule has 0 spiro atoms. The maximum Gasteiger partial charge on any atom is 0.134 e. The predicted molar refractivity (Wildman–Crippen MR) is 74.2 cm³/mol. The van der Waals surface area contributed by atoms with Gasteiger partial charge in [0.1, 0.15) is 5.75 Å². The van der Waals surface area contributed by atoms with E-state index in [1.807, 2.05) is 30.1 Å². The molecule has 0 saturated heterocycles. The van der Waals surface area contributed by atoms with Crippen LogP contribution in [0.3, 0.4) is 0 Å². The molecule has 0 aliphatic heterocycles. The van der Waals surface area contributed by atoms with Crippen molar-refractivity contribution in [2.45, 2.75) is 19.4 Å². The molecule has 1 atom stereocenters. The van der Waals surface area contributed by atoms with Gasteiger partial charge in [0.15, 0.2) is 0 Å². The summed E-state index contributed by atoms with van der Waals surface area (Å²) in [6.07, 6.45) is 3.06. The average Bonchev–Trinajstić information content (AvgIpc) is 2.99. The number of rotatable bonds is 6. The van der Waals surface area contributed by atoms with Crippen molar-refractivity contribution in [1.29, 1.82) is 0 Å². The highest BCUT2D eigenvalue weighted by Gasteiger charge is 2.21. The third-order valence-electron chi connectivity index (χ3n) is 2.77. The minimum atomic E-state index is 0.112. The van der Waals surface area contributed by atoms with Crippen LogP contribution >= 0.6 is 11.3 Å². The molecule has 2 aromatic rings. The van der Waals surface area contributed by atoms with E-state index in [9.17, 15) is 0 Å². The average molecular weight is 265 g/mol. The third kappa shape index (κ3) is 2.73. The Morgan fingerprint density at radius 3 is 2.94 bits per heavy atom. The SMILES string of the molecule is CCCNC(c1ccn(C)n1)c1sccc1OC.